The summed E-state index contributed by atoms with van der Waals surface area (Å²) < 4.78 is 15.1. The first-order valence-corrected chi connectivity index (χ1v) is 8.77. The van der Waals surface area contributed by atoms with Crippen LogP contribution < -0.4 is 10.6 Å². The Bertz CT molecular complexity index is 751. The van der Waals surface area contributed by atoms with Crippen LogP contribution in [0.3, 0.4) is 0 Å². The van der Waals surface area contributed by atoms with Gasteiger partial charge in [-0.15, -0.1) is 0 Å². The minimum Gasteiger partial charge on any atom is -0.338 e. The molecule has 0 saturated heterocycles. The Morgan fingerprint density at radius 2 is 2.08 bits per heavy atom. The number of hydrogen-bond donors (Lipinski definition) is 2. The van der Waals surface area contributed by atoms with Crippen LogP contribution in [0.15, 0.2) is 30.5 Å². The Morgan fingerprint density at radius 1 is 1.36 bits per heavy atom. The quantitative estimate of drug-likeness (QED) is 0.888. The molecular formula is C19H25FN4O. The molecule has 134 valence electrons. The third kappa shape index (κ3) is 3.83. The van der Waals surface area contributed by atoms with Crippen molar-refractivity contribution in [2.24, 2.45) is 5.41 Å². The van der Waals surface area contributed by atoms with Gasteiger partial charge in [-0.3, -0.25) is 0 Å². The highest BCUT2D eigenvalue weighted by Gasteiger charge is 2.36. The Balaban J connectivity index is 1.90. The number of carbonyl (C=O) groups is 1. The minimum absolute atomic E-state index is 0.0352. The number of rotatable bonds is 4. The van der Waals surface area contributed by atoms with Crippen molar-refractivity contribution < 1.29 is 9.18 Å². The molecule has 0 aliphatic heterocycles. The maximum Gasteiger partial charge on any atom is 0.315 e. The maximum atomic E-state index is 13.2. The average molecular weight is 344 g/mol. The highest BCUT2D eigenvalue weighted by atomic mass is 19.1. The van der Waals surface area contributed by atoms with Crippen LogP contribution in [-0.4, -0.2) is 22.4 Å². The molecule has 1 heterocycles. The molecule has 0 radical (unpaired) electrons. The molecule has 0 unspecified atom stereocenters. The van der Waals surface area contributed by atoms with Gasteiger partial charge >= 0.3 is 6.03 Å². The van der Waals surface area contributed by atoms with Gasteiger partial charge in [0.05, 0.1) is 23.6 Å². The minimum atomic E-state index is -0.266. The molecule has 0 bridgehead atoms. The summed E-state index contributed by atoms with van der Waals surface area (Å²) in [7, 11) is 0. The number of aromatic nitrogens is 2. The third-order valence-corrected chi connectivity index (χ3v) is 4.59. The van der Waals surface area contributed by atoms with Gasteiger partial charge in [-0.1, -0.05) is 20.8 Å². The predicted octanol–water partition coefficient (Wildman–Crippen LogP) is 3.73. The maximum absolute atomic E-state index is 13.2. The molecule has 2 amide bonds. The van der Waals surface area contributed by atoms with Crippen molar-refractivity contribution in [1.82, 2.24) is 20.4 Å². The molecule has 1 aromatic carbocycles. The van der Waals surface area contributed by atoms with Gasteiger partial charge in [-0.25, -0.2) is 13.9 Å². The molecule has 5 nitrogen and oxygen atoms in total. The second kappa shape index (κ2) is 6.86. The number of halogens is 1. The molecular weight excluding hydrogens is 319 g/mol. The van der Waals surface area contributed by atoms with Crippen LogP contribution in [0.1, 0.15) is 50.9 Å². The molecule has 1 aromatic heterocycles. The van der Waals surface area contributed by atoms with Crippen molar-refractivity contribution in [2.45, 2.75) is 46.1 Å². The molecule has 6 heteroatoms. The summed E-state index contributed by atoms with van der Waals surface area (Å²) in [5, 5.41) is 10.4. The fourth-order valence-electron chi connectivity index (χ4n) is 3.42. The number of amides is 2. The summed E-state index contributed by atoms with van der Waals surface area (Å²) >= 11 is 0. The first-order chi connectivity index (χ1) is 11.9. The highest BCUT2D eigenvalue weighted by molar-refractivity contribution is 5.74. The largest absolute Gasteiger partial charge is 0.338 e. The smallest absolute Gasteiger partial charge is 0.315 e. The lowest BCUT2D eigenvalue weighted by Crippen LogP contribution is -2.42. The molecule has 2 aromatic rings. The third-order valence-electron chi connectivity index (χ3n) is 4.59. The van der Waals surface area contributed by atoms with Gasteiger partial charge in [0.2, 0.25) is 0 Å². The topological polar surface area (TPSA) is 59.0 Å². The molecule has 3 rings (SSSR count). The van der Waals surface area contributed by atoms with Crippen molar-refractivity contribution in [1.29, 1.82) is 0 Å². The monoisotopic (exact) mass is 344 g/mol. The van der Waals surface area contributed by atoms with E-state index in [0.717, 1.165) is 36.2 Å². The van der Waals surface area contributed by atoms with Crippen LogP contribution in [0.25, 0.3) is 5.69 Å². The Kier molecular flexibility index (Phi) is 4.79. The second-order valence-electron chi connectivity index (χ2n) is 7.43. The van der Waals surface area contributed by atoms with E-state index in [2.05, 4.69) is 29.6 Å². The summed E-state index contributed by atoms with van der Waals surface area (Å²) in [5.41, 5.74) is 2.97. The Labute approximate surface area is 147 Å². The Hall–Kier alpha value is -2.37. The van der Waals surface area contributed by atoms with Crippen molar-refractivity contribution in [3.8, 4) is 5.69 Å². The van der Waals surface area contributed by atoms with E-state index in [1.807, 2.05) is 17.8 Å². The van der Waals surface area contributed by atoms with Gasteiger partial charge < -0.3 is 10.6 Å². The van der Waals surface area contributed by atoms with Crippen molar-refractivity contribution >= 4 is 6.03 Å². The zero-order chi connectivity index (χ0) is 18.0. The number of carbonyl (C=O) groups excluding carboxylic acids is 1. The SMILES string of the molecule is CCCNC(=O)N[C@@H]1CC(C)(C)Cc2c1cnn2-c1ccc(F)cc1. The number of benzene rings is 1. The summed E-state index contributed by atoms with van der Waals surface area (Å²) in [5.74, 6) is -0.266. The zero-order valence-electron chi connectivity index (χ0n) is 15.0. The first-order valence-electron chi connectivity index (χ1n) is 8.77. The predicted molar refractivity (Wildman–Crippen MR) is 95.2 cm³/mol. The van der Waals surface area contributed by atoms with Gasteiger partial charge in [0.25, 0.3) is 0 Å². The number of urea groups is 1. The fourth-order valence-corrected chi connectivity index (χ4v) is 3.42. The van der Waals surface area contributed by atoms with E-state index in [4.69, 9.17) is 0 Å². The molecule has 0 saturated carbocycles. The van der Waals surface area contributed by atoms with E-state index in [0.29, 0.717) is 6.54 Å². The molecule has 0 fully saturated rings. The molecule has 0 spiro atoms. The highest BCUT2D eigenvalue weighted by Crippen LogP contribution is 2.41. The van der Waals surface area contributed by atoms with Crippen LogP contribution in [0, 0.1) is 11.2 Å². The van der Waals surface area contributed by atoms with Crippen molar-refractivity contribution in [3.63, 3.8) is 0 Å². The summed E-state index contributed by atoms with van der Waals surface area (Å²) in [4.78, 5) is 12.1. The number of fused-ring (bicyclic) bond motifs is 1. The van der Waals surface area contributed by atoms with Crippen molar-refractivity contribution in [3.05, 3.63) is 47.5 Å². The summed E-state index contributed by atoms with van der Waals surface area (Å²) in [6.45, 7) is 7.06. The van der Waals surface area contributed by atoms with E-state index >= 15 is 0 Å². The van der Waals surface area contributed by atoms with Crippen LogP contribution in [0.4, 0.5) is 9.18 Å². The van der Waals surface area contributed by atoms with Gasteiger partial charge in [0, 0.05) is 12.1 Å². The molecule has 1 aliphatic rings. The standard InChI is InChI=1S/C19H25FN4O/c1-4-9-21-18(25)23-16-10-19(2,3)11-17-15(16)12-22-24(17)14-7-5-13(20)6-8-14/h5-8,12,16H,4,9-11H2,1-3H3,(H2,21,23,25)/t16-/m1/s1. The summed E-state index contributed by atoms with van der Waals surface area (Å²) in [6, 6.07) is 6.09. The van der Waals surface area contributed by atoms with Gasteiger partial charge in [-0.05, 0) is 48.9 Å². The lowest BCUT2D eigenvalue weighted by atomic mass is 9.74. The molecule has 25 heavy (non-hydrogen) atoms. The zero-order valence-corrected chi connectivity index (χ0v) is 15.0. The average Bonchev–Trinajstić information content (AvgIpc) is 2.96. The van der Waals surface area contributed by atoms with E-state index in [9.17, 15) is 9.18 Å². The number of nitrogens with zero attached hydrogens (tertiary/aromatic N) is 2. The fraction of sp³-hybridized carbons (Fsp3) is 0.474. The second-order valence-corrected chi connectivity index (χ2v) is 7.43. The van der Waals surface area contributed by atoms with E-state index in [1.165, 1.54) is 12.1 Å². The number of nitrogens with one attached hydrogen (secondary N) is 2. The van der Waals surface area contributed by atoms with E-state index in [-0.39, 0.29) is 23.3 Å². The van der Waals surface area contributed by atoms with Gasteiger partial charge in [0.15, 0.2) is 0 Å². The molecule has 1 aliphatic carbocycles. The van der Waals surface area contributed by atoms with Gasteiger partial charge in [-0.2, -0.15) is 5.10 Å². The number of hydrogen-bond acceptors (Lipinski definition) is 2. The van der Waals surface area contributed by atoms with E-state index < -0.39 is 0 Å². The molecule has 2 N–H and O–H groups in total. The Morgan fingerprint density at radius 3 is 2.76 bits per heavy atom. The lowest BCUT2D eigenvalue weighted by Gasteiger charge is -2.36. The van der Waals surface area contributed by atoms with Crippen LogP contribution in [-0.2, 0) is 6.42 Å². The lowest BCUT2D eigenvalue weighted by molar-refractivity contribution is 0.221. The van der Waals surface area contributed by atoms with Gasteiger partial charge in [0.1, 0.15) is 5.82 Å². The van der Waals surface area contributed by atoms with Crippen LogP contribution >= 0.6 is 0 Å². The normalized spacial score (nSPS) is 18.5. The van der Waals surface area contributed by atoms with Crippen LogP contribution in [0.5, 0.6) is 0 Å². The summed E-state index contributed by atoms with van der Waals surface area (Å²) in [6.07, 6.45) is 4.43. The van der Waals surface area contributed by atoms with E-state index in [1.54, 1.807) is 12.1 Å². The van der Waals surface area contributed by atoms with Crippen molar-refractivity contribution in [2.75, 3.05) is 6.54 Å². The molecule has 1 atom stereocenters. The first kappa shape index (κ1) is 17.5. The van der Waals surface area contributed by atoms with Crippen LogP contribution in [0.2, 0.25) is 0 Å².